The number of aryl methyl sites for hydroxylation is 2. The van der Waals surface area contributed by atoms with Crippen molar-refractivity contribution < 1.29 is 14.4 Å². The fourth-order valence-electron chi connectivity index (χ4n) is 4.26. The number of nitrogens with one attached hydrogen (secondary N) is 3. The van der Waals surface area contributed by atoms with E-state index in [1.54, 1.807) is 42.5 Å². The Morgan fingerprint density at radius 2 is 1.40 bits per heavy atom. The fourth-order valence-corrected chi connectivity index (χ4v) is 4.95. The van der Waals surface area contributed by atoms with Crippen molar-refractivity contribution in [1.82, 2.24) is 5.32 Å². The van der Waals surface area contributed by atoms with Crippen LogP contribution in [0.3, 0.4) is 0 Å². The molecule has 214 valence electrons. The first-order valence-corrected chi connectivity index (χ1v) is 14.8. The van der Waals surface area contributed by atoms with Crippen LogP contribution in [-0.4, -0.2) is 23.5 Å². The molecule has 3 amide bonds. The first-order chi connectivity index (χ1) is 20.2. The highest BCUT2D eigenvalue weighted by Crippen LogP contribution is 2.23. The molecule has 4 aromatic carbocycles. The number of para-hydroxylation sites is 1. The maximum atomic E-state index is 13.3. The van der Waals surface area contributed by atoms with Crippen LogP contribution in [0.15, 0.2) is 108 Å². The predicted molar refractivity (Wildman–Crippen MR) is 173 cm³/mol. The van der Waals surface area contributed by atoms with Crippen LogP contribution in [0, 0.1) is 13.8 Å². The summed E-state index contributed by atoms with van der Waals surface area (Å²) in [6.07, 6.45) is 1.67. The third kappa shape index (κ3) is 8.44. The van der Waals surface area contributed by atoms with E-state index in [-0.39, 0.29) is 23.3 Å². The lowest BCUT2D eigenvalue weighted by Crippen LogP contribution is -2.30. The van der Waals surface area contributed by atoms with E-state index in [0.717, 1.165) is 27.3 Å². The molecule has 0 aromatic heterocycles. The molecule has 4 aromatic rings. The highest BCUT2D eigenvalue weighted by atomic mass is 32.2. The summed E-state index contributed by atoms with van der Waals surface area (Å²) in [6.45, 7) is 8.18. The maximum absolute atomic E-state index is 13.3. The SMILES string of the molecule is Cc1cccc(C)c1NC(=O)CSc1ccc(NC(=O)/C(=C/c2ccc(C(C)C)cc2)NC(=O)c2ccccc2)cc1. The molecule has 0 unspecified atom stereocenters. The molecule has 0 heterocycles. The minimum atomic E-state index is -0.444. The number of benzene rings is 4. The van der Waals surface area contributed by atoms with Gasteiger partial charge in [0.25, 0.3) is 11.8 Å². The molecule has 7 heteroatoms. The Labute approximate surface area is 251 Å². The number of anilines is 2. The number of hydrogen-bond donors (Lipinski definition) is 3. The van der Waals surface area contributed by atoms with Crippen molar-refractivity contribution in [2.75, 3.05) is 16.4 Å². The van der Waals surface area contributed by atoms with Crippen molar-refractivity contribution >= 4 is 46.9 Å². The van der Waals surface area contributed by atoms with Crippen LogP contribution in [0.5, 0.6) is 0 Å². The molecule has 0 atom stereocenters. The Kier molecular flexibility index (Phi) is 10.3. The van der Waals surface area contributed by atoms with Crippen LogP contribution < -0.4 is 16.0 Å². The van der Waals surface area contributed by atoms with E-state index in [0.29, 0.717) is 17.2 Å². The number of thioether (sulfide) groups is 1. The average molecular weight is 578 g/mol. The smallest absolute Gasteiger partial charge is 0.272 e. The van der Waals surface area contributed by atoms with Crippen molar-refractivity contribution in [3.05, 3.63) is 131 Å². The molecule has 4 rings (SSSR count). The molecule has 0 saturated carbocycles. The van der Waals surface area contributed by atoms with Gasteiger partial charge in [0.05, 0.1) is 5.75 Å². The highest BCUT2D eigenvalue weighted by Gasteiger charge is 2.15. The van der Waals surface area contributed by atoms with E-state index in [2.05, 4.69) is 29.8 Å². The zero-order valence-electron chi connectivity index (χ0n) is 24.2. The molecule has 0 aliphatic rings. The minimum Gasteiger partial charge on any atom is -0.325 e. The van der Waals surface area contributed by atoms with Crippen LogP contribution in [0.1, 0.15) is 52.4 Å². The minimum absolute atomic E-state index is 0.0832. The van der Waals surface area contributed by atoms with Gasteiger partial charge >= 0.3 is 0 Å². The first kappa shape index (κ1) is 30.3. The van der Waals surface area contributed by atoms with Gasteiger partial charge in [0.2, 0.25) is 5.91 Å². The van der Waals surface area contributed by atoms with Gasteiger partial charge in [-0.25, -0.2) is 0 Å². The molecule has 6 nitrogen and oxygen atoms in total. The average Bonchev–Trinajstić information content (AvgIpc) is 2.99. The molecule has 0 spiro atoms. The molecule has 0 aliphatic heterocycles. The Hall–Kier alpha value is -4.62. The quantitative estimate of drug-likeness (QED) is 0.134. The van der Waals surface area contributed by atoms with Gasteiger partial charge in [-0.1, -0.05) is 74.5 Å². The Morgan fingerprint density at radius 1 is 0.762 bits per heavy atom. The molecular formula is C35H35N3O3S. The lowest BCUT2D eigenvalue weighted by atomic mass is 10.0. The van der Waals surface area contributed by atoms with Gasteiger partial charge in [0, 0.05) is 21.8 Å². The summed E-state index contributed by atoms with van der Waals surface area (Å²) in [7, 11) is 0. The van der Waals surface area contributed by atoms with Crippen molar-refractivity contribution in [3.63, 3.8) is 0 Å². The Balaban J connectivity index is 1.42. The maximum Gasteiger partial charge on any atom is 0.272 e. The Bertz CT molecular complexity index is 1560. The summed E-state index contributed by atoms with van der Waals surface area (Å²) in [5, 5.41) is 8.64. The largest absolute Gasteiger partial charge is 0.325 e. The van der Waals surface area contributed by atoms with Crippen LogP contribution in [0.2, 0.25) is 0 Å². The van der Waals surface area contributed by atoms with Crippen LogP contribution >= 0.6 is 11.8 Å². The molecule has 0 saturated heterocycles. The van der Waals surface area contributed by atoms with Crippen LogP contribution in [0.4, 0.5) is 11.4 Å². The van der Waals surface area contributed by atoms with Gasteiger partial charge in [-0.05, 0) is 84.5 Å². The molecule has 0 aliphatic carbocycles. The molecule has 3 N–H and O–H groups in total. The standard InChI is InChI=1S/C35H35N3O3S/c1-23(2)27-15-13-26(14-16-27)21-31(37-34(40)28-11-6-5-7-12-28)35(41)36-29-17-19-30(20-18-29)42-22-32(39)38-33-24(3)9-8-10-25(33)4/h5-21,23H,22H2,1-4H3,(H,36,41)(H,37,40)(H,38,39)/b31-21-. The zero-order valence-corrected chi connectivity index (χ0v) is 25.0. The van der Waals surface area contributed by atoms with Gasteiger partial charge < -0.3 is 16.0 Å². The van der Waals surface area contributed by atoms with E-state index in [1.165, 1.54) is 17.3 Å². The second-order valence-electron chi connectivity index (χ2n) is 10.3. The van der Waals surface area contributed by atoms with Crippen molar-refractivity contribution in [1.29, 1.82) is 0 Å². The summed E-state index contributed by atoms with van der Waals surface area (Å²) < 4.78 is 0. The van der Waals surface area contributed by atoms with Crippen molar-refractivity contribution in [3.8, 4) is 0 Å². The third-order valence-corrected chi connectivity index (χ3v) is 7.68. The monoisotopic (exact) mass is 577 g/mol. The molecule has 42 heavy (non-hydrogen) atoms. The third-order valence-electron chi connectivity index (χ3n) is 6.67. The number of rotatable bonds is 10. The molecule has 0 bridgehead atoms. The van der Waals surface area contributed by atoms with E-state index < -0.39 is 5.91 Å². The van der Waals surface area contributed by atoms with Gasteiger partial charge in [0.1, 0.15) is 5.70 Å². The lowest BCUT2D eigenvalue weighted by Gasteiger charge is -2.13. The number of amides is 3. The summed E-state index contributed by atoms with van der Waals surface area (Å²) in [6, 6.07) is 29.8. The summed E-state index contributed by atoms with van der Waals surface area (Å²) in [5.41, 5.74) is 6.02. The second kappa shape index (κ2) is 14.3. The molecule has 0 radical (unpaired) electrons. The van der Waals surface area contributed by atoms with Crippen LogP contribution in [-0.2, 0) is 9.59 Å². The summed E-state index contributed by atoms with van der Waals surface area (Å²) in [4.78, 5) is 39.7. The topological polar surface area (TPSA) is 87.3 Å². The number of hydrogen-bond acceptors (Lipinski definition) is 4. The van der Waals surface area contributed by atoms with E-state index in [4.69, 9.17) is 0 Å². The van der Waals surface area contributed by atoms with Crippen molar-refractivity contribution in [2.45, 2.75) is 38.5 Å². The fraction of sp³-hybridized carbons (Fsp3) is 0.171. The van der Waals surface area contributed by atoms with Gasteiger partial charge in [-0.2, -0.15) is 0 Å². The lowest BCUT2D eigenvalue weighted by molar-refractivity contribution is -0.114. The number of carbonyl (C=O) groups excluding carboxylic acids is 3. The summed E-state index contributed by atoms with van der Waals surface area (Å²) >= 11 is 1.41. The summed E-state index contributed by atoms with van der Waals surface area (Å²) in [5.74, 6) is -0.258. The predicted octanol–water partition coefficient (Wildman–Crippen LogP) is 7.57. The van der Waals surface area contributed by atoms with Gasteiger partial charge in [-0.3, -0.25) is 14.4 Å². The van der Waals surface area contributed by atoms with E-state index >= 15 is 0 Å². The van der Waals surface area contributed by atoms with Gasteiger partial charge in [-0.15, -0.1) is 11.8 Å². The molecule has 0 fully saturated rings. The molecular weight excluding hydrogens is 542 g/mol. The van der Waals surface area contributed by atoms with E-state index in [1.807, 2.05) is 74.5 Å². The van der Waals surface area contributed by atoms with Crippen LogP contribution in [0.25, 0.3) is 6.08 Å². The van der Waals surface area contributed by atoms with E-state index in [9.17, 15) is 14.4 Å². The van der Waals surface area contributed by atoms with Gasteiger partial charge in [0.15, 0.2) is 0 Å². The second-order valence-corrected chi connectivity index (χ2v) is 11.3. The zero-order chi connectivity index (χ0) is 30.1. The first-order valence-electron chi connectivity index (χ1n) is 13.8. The highest BCUT2D eigenvalue weighted by molar-refractivity contribution is 8.00. The normalized spacial score (nSPS) is 11.2. The number of carbonyl (C=O) groups is 3. The van der Waals surface area contributed by atoms with Crippen molar-refractivity contribution in [2.24, 2.45) is 0 Å². The Morgan fingerprint density at radius 3 is 2.02 bits per heavy atom.